The Morgan fingerprint density at radius 2 is 1.82 bits per heavy atom. The van der Waals surface area contributed by atoms with Gasteiger partial charge in [-0.1, -0.05) is 27.7 Å². The molecule has 0 aliphatic heterocycles. The van der Waals surface area contributed by atoms with Gasteiger partial charge in [0, 0.05) is 19.0 Å². The molecule has 66 valence electrons. The minimum absolute atomic E-state index is 0.0100. The van der Waals surface area contributed by atoms with Gasteiger partial charge in [-0.15, -0.1) is 0 Å². The third-order valence-electron chi connectivity index (χ3n) is 1.65. The first-order valence-electron chi connectivity index (χ1n) is 4.19. The van der Waals surface area contributed by atoms with Gasteiger partial charge >= 0.3 is 0 Å². The average Bonchev–Trinajstić information content (AvgIpc) is 1.85. The van der Waals surface area contributed by atoms with E-state index in [2.05, 4.69) is 27.7 Å². The highest BCUT2D eigenvalue weighted by Gasteiger charge is 2.19. The molecule has 0 rings (SSSR count). The van der Waals surface area contributed by atoms with Crippen molar-refractivity contribution in [2.75, 3.05) is 13.6 Å². The SMILES string of the molecule is CCCN(C)C(=N)C(C)(C)C. The van der Waals surface area contributed by atoms with Crippen molar-refractivity contribution < 1.29 is 0 Å². The zero-order valence-electron chi connectivity index (χ0n) is 8.36. The highest BCUT2D eigenvalue weighted by Crippen LogP contribution is 2.16. The molecule has 0 amide bonds. The molecule has 0 atom stereocenters. The Labute approximate surface area is 70.1 Å². The van der Waals surface area contributed by atoms with Crippen molar-refractivity contribution in [3.8, 4) is 0 Å². The topological polar surface area (TPSA) is 27.1 Å². The summed E-state index contributed by atoms with van der Waals surface area (Å²) in [5.41, 5.74) is -0.0100. The van der Waals surface area contributed by atoms with E-state index in [0.29, 0.717) is 0 Å². The zero-order chi connectivity index (χ0) is 9.07. The number of rotatable bonds is 2. The first-order chi connectivity index (χ1) is 4.89. The number of nitrogens with one attached hydrogen (secondary N) is 1. The lowest BCUT2D eigenvalue weighted by Crippen LogP contribution is -2.36. The number of hydrogen-bond acceptors (Lipinski definition) is 1. The van der Waals surface area contributed by atoms with Gasteiger partial charge in [0.05, 0.1) is 0 Å². The maximum Gasteiger partial charge on any atom is 0.101 e. The molecule has 0 aliphatic carbocycles. The Hall–Kier alpha value is -0.530. The summed E-state index contributed by atoms with van der Waals surface area (Å²) in [6, 6.07) is 0. The molecule has 0 heterocycles. The highest BCUT2D eigenvalue weighted by molar-refractivity contribution is 5.83. The van der Waals surface area contributed by atoms with Crippen molar-refractivity contribution in [2.45, 2.75) is 34.1 Å². The van der Waals surface area contributed by atoms with Gasteiger partial charge in [0.1, 0.15) is 5.84 Å². The zero-order valence-corrected chi connectivity index (χ0v) is 8.36. The predicted octanol–water partition coefficient (Wildman–Crippen LogP) is 2.35. The van der Waals surface area contributed by atoms with Crippen LogP contribution in [0.5, 0.6) is 0 Å². The van der Waals surface area contributed by atoms with E-state index >= 15 is 0 Å². The van der Waals surface area contributed by atoms with Crippen molar-refractivity contribution in [2.24, 2.45) is 5.41 Å². The maximum atomic E-state index is 7.78. The third kappa shape index (κ3) is 3.40. The Balaban J connectivity index is 4.03. The fourth-order valence-electron chi connectivity index (χ4n) is 1.02. The fourth-order valence-corrected chi connectivity index (χ4v) is 1.02. The Morgan fingerprint density at radius 3 is 2.09 bits per heavy atom. The van der Waals surface area contributed by atoms with Crippen LogP contribution in [0.4, 0.5) is 0 Å². The lowest BCUT2D eigenvalue weighted by Gasteiger charge is -2.28. The monoisotopic (exact) mass is 156 g/mol. The van der Waals surface area contributed by atoms with Crippen LogP contribution in [0.1, 0.15) is 34.1 Å². The second kappa shape index (κ2) is 3.74. The van der Waals surface area contributed by atoms with Crippen LogP contribution in [0.3, 0.4) is 0 Å². The third-order valence-corrected chi connectivity index (χ3v) is 1.65. The summed E-state index contributed by atoms with van der Waals surface area (Å²) in [4.78, 5) is 2.01. The fraction of sp³-hybridized carbons (Fsp3) is 0.889. The molecule has 0 unspecified atom stereocenters. The predicted molar refractivity (Wildman–Crippen MR) is 50.1 cm³/mol. The molecule has 0 radical (unpaired) electrons. The van der Waals surface area contributed by atoms with Crippen LogP contribution in [0, 0.1) is 10.8 Å². The smallest absolute Gasteiger partial charge is 0.101 e. The molecule has 11 heavy (non-hydrogen) atoms. The Kier molecular flexibility index (Phi) is 3.56. The van der Waals surface area contributed by atoms with Gasteiger partial charge in [0.2, 0.25) is 0 Å². The van der Waals surface area contributed by atoms with E-state index < -0.39 is 0 Å². The van der Waals surface area contributed by atoms with Gasteiger partial charge in [-0.2, -0.15) is 0 Å². The Morgan fingerprint density at radius 1 is 1.36 bits per heavy atom. The molecule has 0 bridgehead atoms. The van der Waals surface area contributed by atoms with Crippen molar-refractivity contribution in [3.05, 3.63) is 0 Å². The molecule has 0 fully saturated rings. The van der Waals surface area contributed by atoms with Crippen molar-refractivity contribution in [1.29, 1.82) is 5.41 Å². The molecule has 0 aromatic rings. The quantitative estimate of drug-likeness (QED) is 0.482. The van der Waals surface area contributed by atoms with Crippen LogP contribution >= 0.6 is 0 Å². The van der Waals surface area contributed by atoms with Gasteiger partial charge in [-0.05, 0) is 6.42 Å². The average molecular weight is 156 g/mol. The number of nitrogens with zero attached hydrogens (tertiary/aromatic N) is 1. The molecule has 0 spiro atoms. The Bertz CT molecular complexity index is 133. The van der Waals surface area contributed by atoms with Gasteiger partial charge < -0.3 is 4.90 Å². The summed E-state index contributed by atoms with van der Waals surface area (Å²) in [6.07, 6.45) is 1.11. The van der Waals surface area contributed by atoms with Gasteiger partial charge in [-0.3, -0.25) is 5.41 Å². The largest absolute Gasteiger partial charge is 0.363 e. The molecule has 0 aliphatic rings. The summed E-state index contributed by atoms with van der Waals surface area (Å²) in [7, 11) is 1.98. The summed E-state index contributed by atoms with van der Waals surface area (Å²) in [5.74, 6) is 0.722. The van der Waals surface area contributed by atoms with Crippen LogP contribution in [-0.2, 0) is 0 Å². The minimum atomic E-state index is -0.0100. The minimum Gasteiger partial charge on any atom is -0.363 e. The summed E-state index contributed by atoms with van der Waals surface area (Å²) >= 11 is 0. The lowest BCUT2D eigenvalue weighted by molar-refractivity contribution is 0.421. The van der Waals surface area contributed by atoms with Gasteiger partial charge in [-0.25, -0.2) is 0 Å². The van der Waals surface area contributed by atoms with Crippen molar-refractivity contribution in [3.63, 3.8) is 0 Å². The van der Waals surface area contributed by atoms with Crippen molar-refractivity contribution in [1.82, 2.24) is 4.90 Å². The van der Waals surface area contributed by atoms with Crippen LogP contribution in [-0.4, -0.2) is 24.3 Å². The molecular weight excluding hydrogens is 136 g/mol. The molecule has 0 aromatic heterocycles. The van der Waals surface area contributed by atoms with E-state index in [1.165, 1.54) is 0 Å². The molecule has 2 heteroatoms. The first kappa shape index (κ1) is 10.5. The van der Waals surface area contributed by atoms with E-state index in [0.717, 1.165) is 18.8 Å². The summed E-state index contributed by atoms with van der Waals surface area (Å²) in [6.45, 7) is 9.33. The van der Waals surface area contributed by atoms with Crippen LogP contribution < -0.4 is 0 Å². The number of hydrogen-bond donors (Lipinski definition) is 1. The number of amidine groups is 1. The second-order valence-electron chi connectivity index (χ2n) is 4.02. The summed E-state index contributed by atoms with van der Waals surface area (Å²) in [5, 5.41) is 7.78. The molecule has 0 aromatic carbocycles. The molecule has 0 saturated heterocycles. The molecule has 1 N–H and O–H groups in total. The maximum absolute atomic E-state index is 7.78. The summed E-state index contributed by atoms with van der Waals surface area (Å²) < 4.78 is 0. The normalized spacial score (nSPS) is 11.4. The van der Waals surface area contributed by atoms with E-state index in [4.69, 9.17) is 5.41 Å². The van der Waals surface area contributed by atoms with Crippen LogP contribution in [0.25, 0.3) is 0 Å². The van der Waals surface area contributed by atoms with Gasteiger partial charge in [0.25, 0.3) is 0 Å². The van der Waals surface area contributed by atoms with Gasteiger partial charge in [0.15, 0.2) is 0 Å². The lowest BCUT2D eigenvalue weighted by atomic mass is 9.94. The van der Waals surface area contributed by atoms with E-state index in [-0.39, 0.29) is 5.41 Å². The van der Waals surface area contributed by atoms with Crippen LogP contribution in [0.15, 0.2) is 0 Å². The molecule has 0 saturated carbocycles. The van der Waals surface area contributed by atoms with E-state index in [1.54, 1.807) is 0 Å². The van der Waals surface area contributed by atoms with Crippen molar-refractivity contribution >= 4 is 5.84 Å². The first-order valence-corrected chi connectivity index (χ1v) is 4.19. The highest BCUT2D eigenvalue weighted by atomic mass is 15.1. The van der Waals surface area contributed by atoms with E-state index in [1.807, 2.05) is 11.9 Å². The standard InChI is InChI=1S/C9H20N2/c1-6-7-11(5)8(10)9(2,3)4/h10H,6-7H2,1-5H3. The molecular formula is C9H20N2. The van der Waals surface area contributed by atoms with Crippen LogP contribution in [0.2, 0.25) is 0 Å². The second-order valence-corrected chi connectivity index (χ2v) is 4.02. The molecule has 2 nitrogen and oxygen atoms in total. The van der Waals surface area contributed by atoms with E-state index in [9.17, 15) is 0 Å².